The van der Waals surface area contributed by atoms with Gasteiger partial charge in [-0.2, -0.15) is 5.10 Å². The zero-order valence-corrected chi connectivity index (χ0v) is 22.2. The van der Waals surface area contributed by atoms with Crippen LogP contribution in [-0.4, -0.2) is 50.5 Å². The highest BCUT2D eigenvalue weighted by atomic mass is 16.5. The van der Waals surface area contributed by atoms with Crippen LogP contribution in [0.15, 0.2) is 51.9 Å². The highest BCUT2D eigenvalue weighted by Gasteiger charge is 2.19. The maximum atomic E-state index is 11.4. The van der Waals surface area contributed by atoms with E-state index in [0.29, 0.717) is 23.4 Å². The Balaban J connectivity index is 0.00000120. The highest BCUT2D eigenvalue weighted by Crippen LogP contribution is 2.31. The quantitative estimate of drug-likeness (QED) is 0.166. The summed E-state index contributed by atoms with van der Waals surface area (Å²) in [7, 11) is 1.76. The molecule has 10 heteroatoms. The smallest absolute Gasteiger partial charge is 0.227 e. The lowest BCUT2D eigenvalue weighted by Gasteiger charge is -2.27. The fraction of sp³-hybridized carbons (Fsp3) is 0.462. The summed E-state index contributed by atoms with van der Waals surface area (Å²) in [5, 5.41) is 10.0. The lowest BCUT2D eigenvalue weighted by Crippen LogP contribution is -2.35. The Morgan fingerprint density at radius 1 is 1.06 bits per heavy atom. The van der Waals surface area contributed by atoms with Gasteiger partial charge in [0.25, 0.3) is 0 Å². The molecule has 36 heavy (non-hydrogen) atoms. The SMILES string of the molecule is CC.CCC.Cc1cc(/C(=N/NC=O)N(C)c2ccc(CN3CCOCC3)cc2)c(N=O)cc1N=O. The zero-order chi connectivity index (χ0) is 26.9. The number of amidine groups is 1. The van der Waals surface area contributed by atoms with Crippen molar-refractivity contribution in [3.8, 4) is 0 Å². The number of carbonyl (C=O) groups is 1. The Hall–Kier alpha value is -3.50. The molecule has 1 heterocycles. The number of hydrogen-bond donors (Lipinski definition) is 1. The number of ether oxygens (including phenoxy) is 1. The van der Waals surface area contributed by atoms with Crippen LogP contribution in [0.5, 0.6) is 0 Å². The van der Waals surface area contributed by atoms with Crippen LogP contribution in [0.4, 0.5) is 17.1 Å². The molecule has 0 aromatic heterocycles. The second-order valence-electron chi connectivity index (χ2n) is 7.84. The summed E-state index contributed by atoms with van der Waals surface area (Å²) in [5.41, 5.74) is 5.29. The molecule has 1 aliphatic rings. The molecule has 10 nitrogen and oxygen atoms in total. The molecule has 2 aromatic rings. The summed E-state index contributed by atoms with van der Waals surface area (Å²) in [4.78, 5) is 37.3. The summed E-state index contributed by atoms with van der Waals surface area (Å²) in [6.07, 6.45) is 1.68. The summed E-state index contributed by atoms with van der Waals surface area (Å²) in [6, 6.07) is 10.8. The maximum absolute atomic E-state index is 11.4. The molecule has 0 saturated carbocycles. The Labute approximate surface area is 213 Å². The molecule has 2 aromatic carbocycles. The van der Waals surface area contributed by atoms with Gasteiger partial charge >= 0.3 is 0 Å². The van der Waals surface area contributed by atoms with Gasteiger partial charge in [0.05, 0.1) is 13.2 Å². The fourth-order valence-corrected chi connectivity index (χ4v) is 3.41. The van der Waals surface area contributed by atoms with Crippen LogP contribution in [0.2, 0.25) is 0 Å². The van der Waals surface area contributed by atoms with Crippen molar-refractivity contribution in [2.75, 3.05) is 38.3 Å². The van der Waals surface area contributed by atoms with Crippen molar-refractivity contribution in [1.29, 1.82) is 0 Å². The minimum atomic E-state index is 0.00226. The first-order chi connectivity index (χ1) is 17.5. The zero-order valence-electron chi connectivity index (χ0n) is 22.2. The van der Waals surface area contributed by atoms with E-state index in [1.165, 1.54) is 12.5 Å². The molecule has 1 N–H and O–H groups in total. The molecule has 196 valence electrons. The van der Waals surface area contributed by atoms with Crippen LogP contribution in [0, 0.1) is 16.7 Å². The standard InChI is InChI=1S/C21H24N6O4.C3H8.C2H6/c1-15-11-18(20(25-30)12-19(15)24-29)21(23-22-14-28)26(2)17-5-3-16(4-6-17)13-27-7-9-31-10-8-27;1-3-2;1-2/h3-6,11-12,14H,7-10,13H2,1-2H3,(H,22,28);3H2,1-2H3;1-2H3/b23-21-;;. The van der Waals surface area contributed by atoms with Gasteiger partial charge in [0, 0.05) is 37.9 Å². The van der Waals surface area contributed by atoms with Gasteiger partial charge in [-0.1, -0.05) is 46.2 Å². The van der Waals surface area contributed by atoms with E-state index in [2.05, 4.69) is 39.6 Å². The van der Waals surface area contributed by atoms with Gasteiger partial charge in [-0.25, -0.2) is 5.43 Å². The number of anilines is 1. The predicted molar refractivity (Wildman–Crippen MR) is 146 cm³/mol. The molecule has 0 spiro atoms. The van der Waals surface area contributed by atoms with Crippen molar-refractivity contribution in [2.45, 2.75) is 47.6 Å². The van der Waals surface area contributed by atoms with Gasteiger partial charge in [0.1, 0.15) is 11.4 Å². The van der Waals surface area contributed by atoms with Crippen molar-refractivity contribution < 1.29 is 9.53 Å². The number of rotatable bonds is 8. The number of nitroso groups, excluding NO2 is 2. The lowest BCUT2D eigenvalue weighted by atomic mass is 10.1. The topological polar surface area (TPSA) is 116 Å². The monoisotopic (exact) mass is 498 g/mol. The third-order valence-electron chi connectivity index (χ3n) is 5.13. The average molecular weight is 499 g/mol. The van der Waals surface area contributed by atoms with Gasteiger partial charge in [0.2, 0.25) is 6.41 Å². The van der Waals surface area contributed by atoms with Crippen LogP contribution in [0.1, 0.15) is 50.8 Å². The maximum Gasteiger partial charge on any atom is 0.227 e. The Kier molecular flexibility index (Phi) is 14.4. The summed E-state index contributed by atoms with van der Waals surface area (Å²) in [6.45, 7) is 14.1. The number of benzene rings is 2. The van der Waals surface area contributed by atoms with Crippen LogP contribution in [0.3, 0.4) is 0 Å². The first-order valence-corrected chi connectivity index (χ1v) is 12.2. The van der Waals surface area contributed by atoms with Crippen LogP contribution >= 0.6 is 0 Å². The molecule has 0 atom stereocenters. The molecular weight excluding hydrogens is 460 g/mol. The van der Waals surface area contributed by atoms with Gasteiger partial charge in [-0.3, -0.25) is 9.69 Å². The third-order valence-corrected chi connectivity index (χ3v) is 5.13. The van der Waals surface area contributed by atoms with E-state index in [0.717, 1.165) is 44.1 Å². The number of hydrogen-bond acceptors (Lipinski definition) is 8. The Morgan fingerprint density at radius 2 is 1.64 bits per heavy atom. The molecule has 0 bridgehead atoms. The van der Waals surface area contributed by atoms with Crippen LogP contribution < -0.4 is 10.3 Å². The van der Waals surface area contributed by atoms with Gasteiger partial charge in [0.15, 0.2) is 5.84 Å². The highest BCUT2D eigenvalue weighted by molar-refractivity contribution is 6.13. The molecule has 3 rings (SSSR count). The van der Waals surface area contributed by atoms with E-state index in [9.17, 15) is 14.6 Å². The van der Waals surface area contributed by atoms with E-state index in [1.54, 1.807) is 24.9 Å². The average Bonchev–Trinajstić information content (AvgIpc) is 2.91. The summed E-state index contributed by atoms with van der Waals surface area (Å²) >= 11 is 0. The first-order valence-electron chi connectivity index (χ1n) is 12.2. The Bertz CT molecular complexity index is 989. The Morgan fingerprint density at radius 3 is 2.17 bits per heavy atom. The lowest BCUT2D eigenvalue weighted by molar-refractivity contribution is -0.109. The van der Waals surface area contributed by atoms with E-state index in [1.807, 2.05) is 38.1 Å². The molecule has 0 radical (unpaired) electrons. The second-order valence-corrected chi connectivity index (χ2v) is 7.84. The minimum absolute atomic E-state index is 0.00226. The van der Waals surface area contributed by atoms with Crippen LogP contribution in [-0.2, 0) is 16.1 Å². The molecule has 1 amide bonds. The van der Waals surface area contributed by atoms with Gasteiger partial charge in [-0.15, -0.1) is 9.81 Å². The molecule has 0 unspecified atom stereocenters. The number of amides is 1. The van der Waals surface area contributed by atoms with E-state index in [4.69, 9.17) is 4.74 Å². The van der Waals surface area contributed by atoms with Gasteiger partial charge in [-0.05, 0) is 52.7 Å². The van der Waals surface area contributed by atoms with E-state index < -0.39 is 0 Å². The van der Waals surface area contributed by atoms with Crippen molar-refractivity contribution in [3.63, 3.8) is 0 Å². The molecular formula is C26H38N6O4. The fourth-order valence-electron chi connectivity index (χ4n) is 3.41. The number of aryl methyl sites for hydroxylation is 1. The largest absolute Gasteiger partial charge is 0.379 e. The molecule has 1 aliphatic heterocycles. The van der Waals surface area contributed by atoms with Crippen LogP contribution in [0.25, 0.3) is 0 Å². The third kappa shape index (κ3) is 8.94. The number of nitrogens with zero attached hydrogens (tertiary/aromatic N) is 5. The minimum Gasteiger partial charge on any atom is -0.379 e. The van der Waals surface area contributed by atoms with Crippen molar-refractivity contribution in [3.05, 3.63) is 62.9 Å². The second kappa shape index (κ2) is 17.0. The van der Waals surface area contributed by atoms with Crippen molar-refractivity contribution in [2.24, 2.45) is 15.5 Å². The van der Waals surface area contributed by atoms with E-state index in [-0.39, 0.29) is 11.4 Å². The van der Waals surface area contributed by atoms with E-state index >= 15 is 0 Å². The van der Waals surface area contributed by atoms with Crippen molar-refractivity contribution in [1.82, 2.24) is 10.3 Å². The molecule has 1 saturated heterocycles. The number of carbonyl (C=O) groups excluding carboxylic acids is 1. The number of morpholine rings is 1. The molecule has 1 fully saturated rings. The first kappa shape index (κ1) is 30.5. The number of hydrazone groups is 1. The van der Waals surface area contributed by atoms with Crippen molar-refractivity contribution >= 4 is 29.3 Å². The normalized spacial score (nSPS) is 13.3. The summed E-state index contributed by atoms with van der Waals surface area (Å²) in [5.74, 6) is 0.295. The van der Waals surface area contributed by atoms with Gasteiger partial charge < -0.3 is 9.64 Å². The summed E-state index contributed by atoms with van der Waals surface area (Å²) < 4.78 is 5.39. The molecule has 0 aliphatic carbocycles. The predicted octanol–water partition coefficient (Wildman–Crippen LogP) is 5.61. The number of nitrogens with one attached hydrogen (secondary N) is 1.